The van der Waals surface area contributed by atoms with Crippen LogP contribution in [0.4, 0.5) is 0 Å². The van der Waals surface area contributed by atoms with E-state index in [9.17, 15) is 4.79 Å². The van der Waals surface area contributed by atoms with Crippen molar-refractivity contribution in [3.63, 3.8) is 0 Å². The number of rotatable bonds is 3. The molecule has 3 heterocycles. The van der Waals surface area contributed by atoms with Gasteiger partial charge in [-0.05, 0) is 19.1 Å². The van der Waals surface area contributed by atoms with E-state index < -0.39 is 6.10 Å². The number of halogens is 2. The molecule has 0 bridgehead atoms. The van der Waals surface area contributed by atoms with Crippen molar-refractivity contribution in [2.75, 3.05) is 19.7 Å². The Morgan fingerprint density at radius 1 is 1.45 bits per heavy atom. The second-order valence-corrected chi connectivity index (χ2v) is 4.78. The molecular weight excluding hydrogens is 329 g/mol. The highest BCUT2D eigenvalue weighted by Gasteiger charge is 2.24. The lowest BCUT2D eigenvalue weighted by molar-refractivity contribution is -0.134. The highest BCUT2D eigenvalue weighted by atomic mass is 35.5. The molecule has 1 fully saturated rings. The van der Waals surface area contributed by atoms with Crippen LogP contribution in [-0.4, -0.2) is 46.3 Å². The first-order valence-corrected chi connectivity index (χ1v) is 6.68. The zero-order valence-corrected chi connectivity index (χ0v) is 13.7. The summed E-state index contributed by atoms with van der Waals surface area (Å²) in [4.78, 5) is 12.1. The van der Waals surface area contributed by atoms with Gasteiger partial charge in [0.1, 0.15) is 6.10 Å². The van der Waals surface area contributed by atoms with Crippen molar-refractivity contribution in [2.45, 2.75) is 19.1 Å². The number of hydrogen-bond acceptors (Lipinski definition) is 5. The van der Waals surface area contributed by atoms with Crippen LogP contribution >= 0.6 is 24.8 Å². The molecule has 0 radical (unpaired) electrons. The van der Waals surface area contributed by atoms with Crippen molar-refractivity contribution in [3.05, 3.63) is 30.2 Å². The highest BCUT2D eigenvalue weighted by molar-refractivity contribution is 5.85. The van der Waals surface area contributed by atoms with Crippen LogP contribution in [0.5, 0.6) is 0 Å². The van der Waals surface area contributed by atoms with Gasteiger partial charge in [-0.25, -0.2) is 0 Å². The summed E-state index contributed by atoms with van der Waals surface area (Å²) in [6, 6.07) is 5.45. The maximum absolute atomic E-state index is 12.1. The fourth-order valence-corrected chi connectivity index (χ4v) is 2.26. The van der Waals surface area contributed by atoms with Gasteiger partial charge in [0.15, 0.2) is 11.5 Å². The lowest BCUT2D eigenvalue weighted by Gasteiger charge is -2.24. The van der Waals surface area contributed by atoms with E-state index in [1.165, 1.54) is 0 Å². The van der Waals surface area contributed by atoms with Crippen molar-refractivity contribution in [1.29, 1.82) is 0 Å². The largest absolute Gasteiger partial charge is 0.366 e. The Morgan fingerprint density at radius 2 is 2.27 bits per heavy atom. The van der Waals surface area contributed by atoms with E-state index >= 15 is 0 Å². The molecule has 0 saturated carbocycles. The third-order valence-electron chi connectivity index (χ3n) is 3.31. The normalized spacial score (nSPS) is 18.9. The first kappa shape index (κ1) is 18.6. The molecule has 0 aliphatic carbocycles. The number of ether oxygens (including phenoxy) is 1. The Labute approximate surface area is 140 Å². The molecule has 7 nitrogen and oxygen atoms in total. The summed E-state index contributed by atoms with van der Waals surface area (Å²) in [5, 5.41) is 14.3. The summed E-state index contributed by atoms with van der Waals surface area (Å²) in [6.45, 7) is 3.77. The number of nitrogens with one attached hydrogen (secondary N) is 2. The van der Waals surface area contributed by atoms with E-state index in [4.69, 9.17) is 4.74 Å². The molecule has 22 heavy (non-hydrogen) atoms. The minimum atomic E-state index is -0.439. The van der Waals surface area contributed by atoms with Crippen LogP contribution in [0, 0.1) is 0 Å². The summed E-state index contributed by atoms with van der Waals surface area (Å²) < 4.78 is 7.29. The average molecular weight is 348 g/mol. The molecular formula is C13H19Cl2N5O2. The van der Waals surface area contributed by atoms with Gasteiger partial charge in [-0.15, -0.1) is 35.0 Å². The van der Waals surface area contributed by atoms with Crippen molar-refractivity contribution in [1.82, 2.24) is 25.2 Å². The molecule has 2 atom stereocenters. The lowest BCUT2D eigenvalue weighted by atomic mass is 10.2. The zero-order valence-electron chi connectivity index (χ0n) is 12.1. The van der Waals surface area contributed by atoms with Crippen LogP contribution < -0.4 is 10.6 Å². The number of pyridine rings is 1. The van der Waals surface area contributed by atoms with Gasteiger partial charge in [0, 0.05) is 19.3 Å². The molecule has 1 amide bonds. The Morgan fingerprint density at radius 3 is 3.00 bits per heavy atom. The van der Waals surface area contributed by atoms with Crippen LogP contribution in [0.15, 0.2) is 24.4 Å². The van der Waals surface area contributed by atoms with Crippen LogP contribution in [0.1, 0.15) is 18.8 Å². The minimum absolute atomic E-state index is 0. The number of nitrogens with zero attached hydrogens (tertiary/aromatic N) is 3. The summed E-state index contributed by atoms with van der Waals surface area (Å²) in [7, 11) is 0. The Balaban J connectivity index is 0.00000121. The number of morpholine rings is 1. The molecule has 3 rings (SSSR count). The minimum Gasteiger partial charge on any atom is -0.366 e. The summed E-state index contributed by atoms with van der Waals surface area (Å²) in [5.74, 6) is 0.579. The molecule has 2 aromatic heterocycles. The molecule has 9 heteroatoms. The molecule has 2 aromatic rings. The van der Waals surface area contributed by atoms with Gasteiger partial charge in [-0.1, -0.05) is 6.07 Å². The second-order valence-electron chi connectivity index (χ2n) is 4.78. The molecule has 122 valence electrons. The van der Waals surface area contributed by atoms with Gasteiger partial charge in [0.25, 0.3) is 5.91 Å². The van der Waals surface area contributed by atoms with E-state index in [0.29, 0.717) is 19.0 Å². The maximum atomic E-state index is 12.1. The fourth-order valence-electron chi connectivity index (χ4n) is 2.26. The quantitative estimate of drug-likeness (QED) is 0.855. The number of fused-ring (bicyclic) bond motifs is 1. The van der Waals surface area contributed by atoms with Crippen molar-refractivity contribution in [2.24, 2.45) is 0 Å². The second kappa shape index (κ2) is 8.28. The van der Waals surface area contributed by atoms with Crippen LogP contribution in [0.2, 0.25) is 0 Å². The molecule has 0 aromatic carbocycles. The smallest absolute Gasteiger partial charge is 0.251 e. The highest BCUT2D eigenvalue weighted by Crippen LogP contribution is 2.12. The molecule has 0 spiro atoms. The Bertz CT molecular complexity index is 615. The fraction of sp³-hybridized carbons (Fsp3) is 0.462. The van der Waals surface area contributed by atoms with Crippen LogP contribution in [0.25, 0.3) is 5.65 Å². The predicted octanol–water partition coefficient (Wildman–Crippen LogP) is 0.739. The zero-order chi connectivity index (χ0) is 13.9. The van der Waals surface area contributed by atoms with Gasteiger partial charge in [0.05, 0.1) is 12.6 Å². The number of aromatic nitrogens is 3. The monoisotopic (exact) mass is 347 g/mol. The van der Waals surface area contributed by atoms with Crippen molar-refractivity contribution >= 4 is 36.4 Å². The van der Waals surface area contributed by atoms with Gasteiger partial charge in [-0.2, -0.15) is 0 Å². The summed E-state index contributed by atoms with van der Waals surface area (Å²) in [5.41, 5.74) is 0.763. The summed E-state index contributed by atoms with van der Waals surface area (Å²) in [6.07, 6.45) is 1.44. The standard InChI is InChI=1S/C13H17N5O2.2ClH/c1-9(15-13(19)10-8-14-5-7-20-10)12-17-16-11-4-2-3-6-18(11)12;;/h2-4,6,9-10,14H,5,7-8H2,1H3,(H,15,19);2*1H. The number of carbonyl (C=O) groups is 1. The third kappa shape index (κ3) is 3.86. The third-order valence-corrected chi connectivity index (χ3v) is 3.31. The molecule has 1 aliphatic rings. The first-order chi connectivity index (χ1) is 9.75. The van der Waals surface area contributed by atoms with Crippen molar-refractivity contribution < 1.29 is 9.53 Å². The van der Waals surface area contributed by atoms with E-state index in [2.05, 4.69) is 20.8 Å². The predicted molar refractivity (Wildman–Crippen MR) is 86.7 cm³/mol. The first-order valence-electron chi connectivity index (χ1n) is 6.68. The lowest BCUT2D eigenvalue weighted by Crippen LogP contribution is -2.48. The van der Waals surface area contributed by atoms with Gasteiger partial charge in [-0.3, -0.25) is 9.20 Å². The molecule has 2 N–H and O–H groups in total. The molecule has 1 saturated heterocycles. The number of carbonyl (C=O) groups excluding carboxylic acids is 1. The summed E-state index contributed by atoms with van der Waals surface area (Å²) >= 11 is 0. The molecule has 1 aliphatic heterocycles. The Kier molecular flexibility index (Phi) is 7.02. The van der Waals surface area contributed by atoms with Crippen LogP contribution in [-0.2, 0) is 9.53 Å². The van der Waals surface area contributed by atoms with Crippen LogP contribution in [0.3, 0.4) is 0 Å². The van der Waals surface area contributed by atoms with Gasteiger partial charge in [0.2, 0.25) is 0 Å². The van der Waals surface area contributed by atoms with E-state index in [-0.39, 0.29) is 36.8 Å². The topological polar surface area (TPSA) is 80.5 Å². The van der Waals surface area contributed by atoms with E-state index in [0.717, 1.165) is 12.2 Å². The average Bonchev–Trinajstić information content (AvgIpc) is 2.92. The maximum Gasteiger partial charge on any atom is 0.251 e. The van der Waals surface area contributed by atoms with E-state index in [1.54, 1.807) is 0 Å². The van der Waals surface area contributed by atoms with E-state index in [1.807, 2.05) is 35.7 Å². The SMILES string of the molecule is CC(NC(=O)C1CNCCO1)c1nnc2ccccn12.Cl.Cl. The number of hydrogen-bond donors (Lipinski definition) is 2. The van der Waals surface area contributed by atoms with Gasteiger partial charge < -0.3 is 15.4 Å². The number of amides is 1. The van der Waals surface area contributed by atoms with Gasteiger partial charge >= 0.3 is 0 Å². The van der Waals surface area contributed by atoms with Crippen molar-refractivity contribution in [3.8, 4) is 0 Å². The Hall–Kier alpha value is -1.41. The molecule has 2 unspecified atom stereocenters.